The molecule has 1 amide bonds. The van der Waals surface area contributed by atoms with Crippen LogP contribution in [-0.4, -0.2) is 23.7 Å². The molecule has 0 unspecified atom stereocenters. The first-order valence-electron chi connectivity index (χ1n) is 9.76. The minimum absolute atomic E-state index is 0.168. The average Bonchev–Trinajstić information content (AvgIpc) is 3.17. The van der Waals surface area contributed by atoms with Crippen LogP contribution in [0, 0.1) is 0 Å². The molecule has 0 radical (unpaired) electrons. The second kappa shape index (κ2) is 10.6. The van der Waals surface area contributed by atoms with Crippen LogP contribution in [0.1, 0.15) is 4.88 Å². The van der Waals surface area contributed by atoms with Crippen LogP contribution in [0.15, 0.2) is 90.0 Å². The van der Waals surface area contributed by atoms with Crippen LogP contribution in [-0.2, 0) is 4.79 Å². The number of rotatable bonds is 8. The van der Waals surface area contributed by atoms with Gasteiger partial charge in [-0.15, -0.1) is 0 Å². The van der Waals surface area contributed by atoms with E-state index in [0.29, 0.717) is 20.9 Å². The maximum atomic E-state index is 12.2. The van der Waals surface area contributed by atoms with Crippen molar-refractivity contribution >= 4 is 45.9 Å². The summed E-state index contributed by atoms with van der Waals surface area (Å²) < 4.78 is 5.72. The molecule has 2 N–H and O–H groups in total. The van der Waals surface area contributed by atoms with Crippen LogP contribution < -0.4 is 15.5 Å². The van der Waals surface area contributed by atoms with E-state index in [-0.39, 0.29) is 12.5 Å². The number of hydrogen-bond acceptors (Lipinski definition) is 6. The van der Waals surface area contributed by atoms with Crippen LogP contribution in [0.3, 0.4) is 0 Å². The highest BCUT2D eigenvalue weighted by molar-refractivity contribution is 7.17. The fourth-order valence-electron chi connectivity index (χ4n) is 2.88. The van der Waals surface area contributed by atoms with Crippen LogP contribution in [0.25, 0.3) is 11.1 Å². The van der Waals surface area contributed by atoms with E-state index in [1.165, 1.54) is 17.6 Å². The molecule has 6 nitrogen and oxygen atoms in total. The van der Waals surface area contributed by atoms with Gasteiger partial charge < -0.3 is 10.1 Å². The summed E-state index contributed by atoms with van der Waals surface area (Å²) in [6.07, 6.45) is 1.46. The molecule has 0 saturated carbocycles. The molecule has 1 heterocycles. The zero-order valence-corrected chi connectivity index (χ0v) is 18.4. The van der Waals surface area contributed by atoms with Crippen molar-refractivity contribution in [2.75, 3.05) is 11.9 Å². The summed E-state index contributed by atoms with van der Waals surface area (Å²) in [5, 5.41) is 8.08. The maximum Gasteiger partial charge on any atom is 0.277 e. The Kier molecular flexibility index (Phi) is 7.12. The lowest BCUT2D eigenvalue weighted by Crippen LogP contribution is -2.24. The van der Waals surface area contributed by atoms with Gasteiger partial charge in [0.05, 0.1) is 11.1 Å². The third-order valence-corrected chi connectivity index (χ3v) is 5.64. The molecule has 0 bridgehead atoms. The topological polar surface area (TPSA) is 75.6 Å². The zero-order valence-electron chi connectivity index (χ0n) is 16.9. The first-order valence-corrected chi connectivity index (χ1v) is 11.0. The summed E-state index contributed by atoms with van der Waals surface area (Å²) in [5.41, 5.74) is 5.29. The zero-order chi connectivity index (χ0) is 22.2. The van der Waals surface area contributed by atoms with Crippen molar-refractivity contribution in [3.05, 3.63) is 95.0 Å². The minimum Gasteiger partial charge on any atom is -0.483 e. The molecule has 4 aromatic rings. The van der Waals surface area contributed by atoms with E-state index in [9.17, 15) is 4.79 Å². The van der Waals surface area contributed by atoms with E-state index in [4.69, 9.17) is 16.3 Å². The predicted octanol–water partition coefficient (Wildman–Crippen LogP) is 5.74. The third-order valence-electron chi connectivity index (χ3n) is 4.34. The summed E-state index contributed by atoms with van der Waals surface area (Å²) in [5.74, 6) is 0.243. The number of hydrazone groups is 1. The lowest BCUT2D eigenvalue weighted by Gasteiger charge is -2.10. The van der Waals surface area contributed by atoms with Crippen molar-refractivity contribution in [3.8, 4) is 16.9 Å². The van der Waals surface area contributed by atoms with E-state index in [2.05, 4.69) is 20.8 Å². The number of aromatic nitrogens is 1. The van der Waals surface area contributed by atoms with Crippen molar-refractivity contribution < 1.29 is 9.53 Å². The highest BCUT2D eigenvalue weighted by Crippen LogP contribution is 2.29. The van der Waals surface area contributed by atoms with Crippen molar-refractivity contribution in [1.29, 1.82) is 0 Å². The quantitative estimate of drug-likeness (QED) is 0.259. The summed E-state index contributed by atoms with van der Waals surface area (Å²) in [7, 11) is 0. The highest BCUT2D eigenvalue weighted by atomic mass is 35.5. The van der Waals surface area contributed by atoms with Gasteiger partial charge in [0.1, 0.15) is 5.75 Å². The lowest BCUT2D eigenvalue weighted by atomic mass is 10.1. The number of benzene rings is 3. The monoisotopic (exact) mass is 462 g/mol. The number of carbonyl (C=O) groups is 1. The summed E-state index contributed by atoms with van der Waals surface area (Å²) in [4.78, 5) is 17.1. The largest absolute Gasteiger partial charge is 0.483 e. The molecule has 4 rings (SSSR count). The Balaban J connectivity index is 1.32. The van der Waals surface area contributed by atoms with Crippen LogP contribution in [0.5, 0.6) is 5.75 Å². The maximum absolute atomic E-state index is 12.2. The fraction of sp³-hybridized carbons (Fsp3) is 0.0417. The van der Waals surface area contributed by atoms with Gasteiger partial charge >= 0.3 is 0 Å². The molecule has 0 aliphatic carbocycles. The third kappa shape index (κ3) is 5.72. The van der Waals surface area contributed by atoms with Gasteiger partial charge in [0.25, 0.3) is 5.91 Å². The Labute approximate surface area is 194 Å². The number of carbonyl (C=O) groups excluding carboxylic acids is 1. The number of para-hydroxylation sites is 2. The molecule has 0 saturated heterocycles. The van der Waals surface area contributed by atoms with Gasteiger partial charge in [-0.05, 0) is 23.8 Å². The van der Waals surface area contributed by atoms with E-state index >= 15 is 0 Å². The molecule has 0 aliphatic rings. The summed E-state index contributed by atoms with van der Waals surface area (Å²) in [6.45, 7) is -0.168. The van der Waals surface area contributed by atoms with Crippen molar-refractivity contribution in [2.45, 2.75) is 0 Å². The van der Waals surface area contributed by atoms with Crippen molar-refractivity contribution in [3.63, 3.8) is 0 Å². The minimum atomic E-state index is -0.382. The van der Waals surface area contributed by atoms with Crippen LogP contribution in [0.2, 0.25) is 5.15 Å². The van der Waals surface area contributed by atoms with Gasteiger partial charge in [0, 0.05) is 11.3 Å². The number of nitrogens with zero attached hydrogens (tertiary/aromatic N) is 2. The SMILES string of the molecule is O=C(COc1ccccc1-c1ccccc1)N/N=C/c1sc(Nc2ccccc2)nc1Cl. The smallest absolute Gasteiger partial charge is 0.277 e. The molecule has 8 heteroatoms. The molecule has 0 aliphatic heterocycles. The van der Waals surface area contributed by atoms with E-state index in [1.54, 1.807) is 0 Å². The molecule has 160 valence electrons. The van der Waals surface area contributed by atoms with E-state index in [1.807, 2.05) is 84.9 Å². The van der Waals surface area contributed by atoms with Crippen molar-refractivity contribution in [2.24, 2.45) is 5.10 Å². The molecule has 1 aromatic heterocycles. The molecular formula is C24H19ClN4O2S. The second-order valence-electron chi connectivity index (χ2n) is 6.61. The Morgan fingerprint density at radius 2 is 1.69 bits per heavy atom. The number of anilines is 2. The number of ether oxygens (including phenoxy) is 1. The number of thiazole rings is 1. The van der Waals surface area contributed by atoms with Crippen molar-refractivity contribution in [1.82, 2.24) is 10.4 Å². The summed E-state index contributed by atoms with van der Waals surface area (Å²) in [6, 6.07) is 27.1. The average molecular weight is 463 g/mol. The molecule has 3 aromatic carbocycles. The van der Waals surface area contributed by atoms with Gasteiger partial charge in [0.2, 0.25) is 0 Å². The molecule has 32 heavy (non-hydrogen) atoms. The van der Waals surface area contributed by atoms with Gasteiger partial charge in [0.15, 0.2) is 16.9 Å². The number of nitrogens with one attached hydrogen (secondary N) is 2. The molecule has 0 spiro atoms. The molecular weight excluding hydrogens is 444 g/mol. The lowest BCUT2D eigenvalue weighted by molar-refractivity contribution is -0.123. The van der Waals surface area contributed by atoms with Crippen LogP contribution >= 0.6 is 22.9 Å². The Hall–Kier alpha value is -3.68. The number of amides is 1. The van der Waals surface area contributed by atoms with E-state index in [0.717, 1.165) is 16.8 Å². The van der Waals surface area contributed by atoms with Gasteiger partial charge in [-0.3, -0.25) is 4.79 Å². The number of halogens is 1. The predicted molar refractivity (Wildman–Crippen MR) is 130 cm³/mol. The normalized spacial score (nSPS) is 10.8. The fourth-order valence-corrected chi connectivity index (χ4v) is 3.93. The second-order valence-corrected chi connectivity index (χ2v) is 8.00. The molecule has 0 atom stereocenters. The van der Waals surface area contributed by atoms with Gasteiger partial charge in [-0.1, -0.05) is 89.7 Å². The standard InChI is InChI=1S/C24H19ClN4O2S/c25-23-21(32-24(28-23)27-18-11-5-2-6-12-18)15-26-29-22(30)16-31-20-14-8-7-13-19(20)17-9-3-1-4-10-17/h1-15H,16H2,(H,27,28)(H,29,30)/b26-15+. The van der Waals surface area contributed by atoms with Gasteiger partial charge in [-0.25, -0.2) is 10.4 Å². The Morgan fingerprint density at radius 1 is 1.00 bits per heavy atom. The first kappa shape index (κ1) is 21.5. The Morgan fingerprint density at radius 3 is 2.47 bits per heavy atom. The van der Waals surface area contributed by atoms with Gasteiger partial charge in [-0.2, -0.15) is 5.10 Å². The number of hydrogen-bond donors (Lipinski definition) is 2. The molecule has 0 fully saturated rings. The highest BCUT2D eigenvalue weighted by Gasteiger charge is 2.09. The van der Waals surface area contributed by atoms with E-state index < -0.39 is 0 Å². The van der Waals surface area contributed by atoms with Crippen LogP contribution in [0.4, 0.5) is 10.8 Å². The summed E-state index contributed by atoms with van der Waals surface area (Å²) >= 11 is 7.50. The first-order chi connectivity index (χ1) is 15.7. The Bertz CT molecular complexity index is 1210.